The number of benzene rings is 1. The molecule has 5 rings (SSSR count). The Balaban J connectivity index is 1.51. The van der Waals surface area contributed by atoms with Gasteiger partial charge in [-0.05, 0) is 25.1 Å². The number of nitrogens with one attached hydrogen (secondary N) is 1. The van der Waals surface area contributed by atoms with Crippen LogP contribution in [0.5, 0.6) is 0 Å². The number of hydrogen-bond acceptors (Lipinski definition) is 8. The molecule has 0 atom stereocenters. The van der Waals surface area contributed by atoms with Gasteiger partial charge in [0.15, 0.2) is 5.82 Å². The van der Waals surface area contributed by atoms with Gasteiger partial charge in [-0.25, -0.2) is 9.97 Å². The summed E-state index contributed by atoms with van der Waals surface area (Å²) in [5.41, 5.74) is 3.71. The highest BCUT2D eigenvalue weighted by molar-refractivity contribution is 6.13. The molecule has 2 aromatic heterocycles. The summed E-state index contributed by atoms with van der Waals surface area (Å²) < 4.78 is 5.44. The van der Waals surface area contributed by atoms with Crippen LogP contribution in [0.2, 0.25) is 0 Å². The maximum absolute atomic E-state index is 13.1. The molecule has 1 fully saturated rings. The molecule has 1 amide bonds. The van der Waals surface area contributed by atoms with Crippen molar-refractivity contribution >= 4 is 40.6 Å². The van der Waals surface area contributed by atoms with Crippen molar-refractivity contribution in [3.63, 3.8) is 0 Å². The Morgan fingerprint density at radius 3 is 2.62 bits per heavy atom. The van der Waals surface area contributed by atoms with E-state index in [9.17, 15) is 4.79 Å². The third-order valence-corrected chi connectivity index (χ3v) is 5.83. The number of morpholine rings is 1. The Kier molecular flexibility index (Phi) is 5.10. The molecule has 2 aliphatic rings. The summed E-state index contributed by atoms with van der Waals surface area (Å²) in [6, 6.07) is 11.4. The molecule has 0 bridgehead atoms. The van der Waals surface area contributed by atoms with E-state index in [1.807, 2.05) is 55.3 Å². The third-order valence-electron chi connectivity index (χ3n) is 5.83. The molecule has 0 saturated carbocycles. The zero-order chi connectivity index (χ0) is 22.2. The zero-order valence-corrected chi connectivity index (χ0v) is 18.4. The van der Waals surface area contributed by atoms with E-state index in [2.05, 4.69) is 20.2 Å². The molecule has 0 aliphatic carbocycles. The first-order valence-corrected chi connectivity index (χ1v) is 10.6. The average molecular weight is 432 g/mol. The fraction of sp³-hybridized carbons (Fsp3) is 0.304. The molecule has 9 heteroatoms. The molecule has 9 nitrogen and oxygen atoms in total. The number of hydrogen-bond donors (Lipinski definition) is 1. The zero-order valence-electron chi connectivity index (χ0n) is 18.4. The first-order valence-electron chi connectivity index (χ1n) is 10.6. The van der Waals surface area contributed by atoms with Crippen LogP contribution >= 0.6 is 0 Å². The van der Waals surface area contributed by atoms with Crippen molar-refractivity contribution in [3.05, 3.63) is 53.9 Å². The number of para-hydroxylation sites is 1. The van der Waals surface area contributed by atoms with Gasteiger partial charge in [0, 0.05) is 45.1 Å². The Morgan fingerprint density at radius 1 is 1.03 bits per heavy atom. The van der Waals surface area contributed by atoms with Gasteiger partial charge in [-0.3, -0.25) is 4.79 Å². The highest BCUT2D eigenvalue weighted by atomic mass is 16.5. The van der Waals surface area contributed by atoms with E-state index in [-0.39, 0.29) is 5.91 Å². The maximum Gasteiger partial charge on any atom is 0.260 e. The minimum atomic E-state index is -0.0807. The van der Waals surface area contributed by atoms with Crippen LogP contribution in [0.3, 0.4) is 0 Å². The van der Waals surface area contributed by atoms with Crippen molar-refractivity contribution in [2.45, 2.75) is 6.92 Å². The Morgan fingerprint density at radius 2 is 1.81 bits per heavy atom. The number of aryl methyl sites for hydroxylation is 1. The van der Waals surface area contributed by atoms with Gasteiger partial charge >= 0.3 is 0 Å². The van der Waals surface area contributed by atoms with Gasteiger partial charge in [-0.1, -0.05) is 12.1 Å². The van der Waals surface area contributed by atoms with Crippen molar-refractivity contribution in [1.29, 1.82) is 0 Å². The van der Waals surface area contributed by atoms with E-state index in [0.717, 1.165) is 36.0 Å². The molecule has 164 valence electrons. The number of pyridine rings is 1. The minimum absolute atomic E-state index is 0.0807. The summed E-state index contributed by atoms with van der Waals surface area (Å²) in [7, 11) is 3.68. The third kappa shape index (κ3) is 3.50. The van der Waals surface area contributed by atoms with E-state index in [4.69, 9.17) is 9.72 Å². The first-order chi connectivity index (χ1) is 15.5. The number of fused-ring (bicyclic) bond motifs is 2. The van der Waals surface area contributed by atoms with E-state index >= 15 is 0 Å². The number of rotatable bonds is 3. The fourth-order valence-electron chi connectivity index (χ4n) is 4.17. The number of ether oxygens (including phenoxy) is 1. The van der Waals surface area contributed by atoms with Gasteiger partial charge in [0.25, 0.3) is 5.91 Å². The molecule has 32 heavy (non-hydrogen) atoms. The molecule has 3 aromatic rings. The second kappa shape index (κ2) is 8.08. The standard InChI is InChI=1S/C23H25N7O2/c1-15-20-21(28(2)18-7-5-4-6-17(18)22(31)29(20)3)27-23(25-15)26-16-8-9-24-19(14-16)30-10-12-32-13-11-30/h4-9,14H,10-13H2,1-3H3,(H,24,25,26,27). The van der Waals surface area contributed by atoms with Gasteiger partial charge in [0.1, 0.15) is 11.5 Å². The lowest BCUT2D eigenvalue weighted by Gasteiger charge is -2.28. The van der Waals surface area contributed by atoms with E-state index in [1.54, 1.807) is 18.1 Å². The first kappa shape index (κ1) is 20.2. The summed E-state index contributed by atoms with van der Waals surface area (Å²) >= 11 is 0. The molecular weight excluding hydrogens is 406 g/mol. The molecule has 0 radical (unpaired) electrons. The van der Waals surface area contributed by atoms with E-state index in [1.165, 1.54) is 0 Å². The van der Waals surface area contributed by atoms with Crippen molar-refractivity contribution in [1.82, 2.24) is 15.0 Å². The Bertz CT molecular complexity index is 1180. The van der Waals surface area contributed by atoms with Crippen LogP contribution in [0.25, 0.3) is 0 Å². The summed E-state index contributed by atoms with van der Waals surface area (Å²) in [5.74, 6) is 1.94. The molecule has 2 aliphatic heterocycles. The van der Waals surface area contributed by atoms with Crippen LogP contribution in [0, 0.1) is 6.92 Å². The molecule has 0 spiro atoms. The van der Waals surface area contributed by atoms with Gasteiger partial charge in [-0.2, -0.15) is 4.98 Å². The molecule has 1 saturated heterocycles. The number of aromatic nitrogens is 3. The Hall–Kier alpha value is -3.72. The Labute approximate surface area is 186 Å². The summed E-state index contributed by atoms with van der Waals surface area (Å²) in [6.45, 7) is 4.93. The fourth-order valence-corrected chi connectivity index (χ4v) is 4.17. The van der Waals surface area contributed by atoms with Crippen molar-refractivity contribution in [3.8, 4) is 0 Å². The predicted octanol–water partition coefficient (Wildman–Crippen LogP) is 3.12. The normalized spacial score (nSPS) is 15.8. The lowest BCUT2D eigenvalue weighted by atomic mass is 10.1. The SMILES string of the molecule is Cc1nc(Nc2ccnc(N3CCOCC3)c2)nc2c1N(C)C(=O)c1ccccc1N2C. The number of amides is 1. The smallest absolute Gasteiger partial charge is 0.260 e. The lowest BCUT2D eigenvalue weighted by molar-refractivity contribution is 0.0994. The van der Waals surface area contributed by atoms with Crippen LogP contribution in [-0.4, -0.2) is 61.3 Å². The van der Waals surface area contributed by atoms with Gasteiger partial charge < -0.3 is 24.8 Å². The summed E-state index contributed by atoms with van der Waals surface area (Å²) in [5, 5.41) is 3.32. The van der Waals surface area contributed by atoms with Gasteiger partial charge in [0.05, 0.1) is 30.2 Å². The largest absolute Gasteiger partial charge is 0.378 e. The maximum atomic E-state index is 13.1. The minimum Gasteiger partial charge on any atom is -0.378 e. The number of carbonyl (C=O) groups excluding carboxylic acids is 1. The molecule has 1 aromatic carbocycles. The molecule has 0 unspecified atom stereocenters. The highest BCUT2D eigenvalue weighted by Crippen LogP contribution is 2.39. The van der Waals surface area contributed by atoms with E-state index in [0.29, 0.717) is 36.2 Å². The molecule has 1 N–H and O–H groups in total. The van der Waals surface area contributed by atoms with Crippen LogP contribution in [0.4, 0.5) is 34.6 Å². The average Bonchev–Trinajstić information content (AvgIpc) is 2.90. The van der Waals surface area contributed by atoms with Crippen LogP contribution < -0.4 is 20.0 Å². The predicted molar refractivity (Wildman–Crippen MR) is 125 cm³/mol. The summed E-state index contributed by atoms with van der Waals surface area (Å²) in [6.07, 6.45) is 1.78. The van der Waals surface area contributed by atoms with E-state index < -0.39 is 0 Å². The number of anilines is 6. The lowest BCUT2D eigenvalue weighted by Crippen LogP contribution is -2.36. The second-order valence-corrected chi connectivity index (χ2v) is 7.87. The second-order valence-electron chi connectivity index (χ2n) is 7.87. The monoisotopic (exact) mass is 431 g/mol. The highest BCUT2D eigenvalue weighted by Gasteiger charge is 2.30. The van der Waals surface area contributed by atoms with Crippen molar-refractivity contribution in [2.24, 2.45) is 0 Å². The van der Waals surface area contributed by atoms with Gasteiger partial charge in [-0.15, -0.1) is 0 Å². The number of carbonyl (C=O) groups is 1. The quantitative estimate of drug-likeness (QED) is 0.677. The van der Waals surface area contributed by atoms with Gasteiger partial charge in [0.2, 0.25) is 5.95 Å². The molecule has 4 heterocycles. The molecular formula is C23H25N7O2. The topological polar surface area (TPSA) is 86.7 Å². The van der Waals surface area contributed by atoms with Crippen LogP contribution in [0.15, 0.2) is 42.6 Å². The van der Waals surface area contributed by atoms with Crippen molar-refractivity contribution < 1.29 is 9.53 Å². The summed E-state index contributed by atoms with van der Waals surface area (Å²) in [4.78, 5) is 32.8. The van der Waals surface area contributed by atoms with Crippen molar-refractivity contribution in [2.75, 3.05) is 60.4 Å². The van der Waals surface area contributed by atoms with Crippen LogP contribution in [0.1, 0.15) is 16.1 Å². The number of nitrogens with zero attached hydrogens (tertiary/aromatic N) is 6. The van der Waals surface area contributed by atoms with Crippen LogP contribution in [-0.2, 0) is 4.74 Å².